The summed E-state index contributed by atoms with van der Waals surface area (Å²) in [7, 11) is 0. The lowest BCUT2D eigenvalue weighted by atomic mass is 9.96. The van der Waals surface area contributed by atoms with E-state index in [4.69, 9.17) is 10.5 Å². The van der Waals surface area contributed by atoms with E-state index >= 15 is 0 Å². The van der Waals surface area contributed by atoms with E-state index in [-0.39, 0.29) is 12.1 Å². The van der Waals surface area contributed by atoms with Gasteiger partial charge in [-0.1, -0.05) is 28.9 Å². The molecule has 0 saturated carbocycles. The average molecular weight is 336 g/mol. The van der Waals surface area contributed by atoms with Crippen LogP contribution >= 0.6 is 15.9 Å². The molecule has 2 heterocycles. The van der Waals surface area contributed by atoms with Gasteiger partial charge in [0.15, 0.2) is 0 Å². The van der Waals surface area contributed by atoms with Crippen LogP contribution in [0.15, 0.2) is 35.2 Å². The first-order valence-corrected chi connectivity index (χ1v) is 7.70. The predicted octanol–water partition coefficient (Wildman–Crippen LogP) is 3.58. The maximum atomic E-state index is 6.29. The fourth-order valence-corrected chi connectivity index (χ4v) is 3.02. The van der Waals surface area contributed by atoms with Crippen molar-refractivity contribution in [1.29, 1.82) is 0 Å². The number of rotatable bonds is 3. The first-order valence-electron chi connectivity index (χ1n) is 6.90. The number of hydrogen-bond acceptors (Lipinski definition) is 3. The van der Waals surface area contributed by atoms with E-state index in [2.05, 4.69) is 32.4 Å². The van der Waals surface area contributed by atoms with Gasteiger partial charge >= 0.3 is 0 Å². The van der Waals surface area contributed by atoms with Crippen LogP contribution in [0.3, 0.4) is 0 Å². The number of nitrogens with zero attached hydrogens (tertiary/aromatic N) is 2. The Labute approximate surface area is 127 Å². The number of nitrogens with two attached hydrogens (primary N) is 1. The van der Waals surface area contributed by atoms with Gasteiger partial charge in [-0.3, -0.25) is 0 Å². The molecule has 0 fully saturated rings. The molecule has 5 heteroatoms. The minimum Gasteiger partial charge on any atom is -0.484 e. The van der Waals surface area contributed by atoms with E-state index in [1.807, 2.05) is 30.7 Å². The molecular weight excluding hydrogens is 318 g/mol. The van der Waals surface area contributed by atoms with E-state index in [1.165, 1.54) is 0 Å². The third-order valence-electron chi connectivity index (χ3n) is 3.65. The highest BCUT2D eigenvalue weighted by molar-refractivity contribution is 9.10. The van der Waals surface area contributed by atoms with Crippen molar-refractivity contribution < 1.29 is 4.74 Å². The minimum atomic E-state index is -0.0270. The Morgan fingerprint density at radius 3 is 3.15 bits per heavy atom. The highest BCUT2D eigenvalue weighted by Crippen LogP contribution is 2.40. The summed E-state index contributed by atoms with van der Waals surface area (Å²) in [5, 5.41) is 0. The SMILES string of the molecule is CCCn1cncc1C1C[C@@H](N)c2ccc(Br)cc2O1. The number of hydrogen-bond donors (Lipinski definition) is 1. The second-order valence-electron chi connectivity index (χ2n) is 5.14. The highest BCUT2D eigenvalue weighted by atomic mass is 79.9. The zero-order valence-electron chi connectivity index (χ0n) is 11.4. The van der Waals surface area contributed by atoms with Gasteiger partial charge in [0, 0.05) is 29.0 Å². The fourth-order valence-electron chi connectivity index (χ4n) is 2.68. The maximum Gasteiger partial charge on any atom is 0.142 e. The molecule has 0 saturated heterocycles. The van der Waals surface area contributed by atoms with Gasteiger partial charge in [0.2, 0.25) is 0 Å². The van der Waals surface area contributed by atoms with Crippen molar-refractivity contribution in [2.45, 2.75) is 38.5 Å². The normalized spacial score (nSPS) is 21.4. The second kappa shape index (κ2) is 5.58. The standard InChI is InChI=1S/C15H18BrN3O/c1-2-5-19-9-18-8-13(19)15-7-12(17)11-4-3-10(16)6-14(11)20-15/h3-4,6,8-9,12,15H,2,5,7,17H2,1H3/t12-,15?/m1/s1. The number of ether oxygens (including phenoxy) is 1. The minimum absolute atomic E-state index is 0.00169. The molecule has 2 atom stereocenters. The van der Waals surface area contributed by atoms with Gasteiger partial charge in [0.25, 0.3) is 0 Å². The summed E-state index contributed by atoms with van der Waals surface area (Å²) < 4.78 is 9.30. The van der Waals surface area contributed by atoms with Gasteiger partial charge in [0.1, 0.15) is 11.9 Å². The summed E-state index contributed by atoms with van der Waals surface area (Å²) in [6, 6.07) is 6.02. The van der Waals surface area contributed by atoms with E-state index in [0.717, 1.165) is 40.9 Å². The molecule has 106 valence electrons. The summed E-state index contributed by atoms with van der Waals surface area (Å²) in [4.78, 5) is 4.25. The summed E-state index contributed by atoms with van der Waals surface area (Å²) in [5.74, 6) is 0.868. The van der Waals surface area contributed by atoms with Crippen molar-refractivity contribution in [2.24, 2.45) is 5.73 Å². The number of aryl methyl sites for hydroxylation is 1. The summed E-state index contributed by atoms with van der Waals surface area (Å²) in [5.41, 5.74) is 8.47. The zero-order chi connectivity index (χ0) is 14.1. The van der Waals surface area contributed by atoms with Crippen LogP contribution in [-0.4, -0.2) is 9.55 Å². The number of halogens is 1. The van der Waals surface area contributed by atoms with Crippen LogP contribution in [-0.2, 0) is 6.54 Å². The fraction of sp³-hybridized carbons (Fsp3) is 0.400. The molecule has 1 aromatic heterocycles. The van der Waals surface area contributed by atoms with Gasteiger partial charge < -0.3 is 15.0 Å². The molecule has 20 heavy (non-hydrogen) atoms. The lowest BCUT2D eigenvalue weighted by Gasteiger charge is -2.30. The van der Waals surface area contributed by atoms with Gasteiger partial charge in [-0.05, 0) is 18.6 Å². The molecule has 4 nitrogen and oxygen atoms in total. The topological polar surface area (TPSA) is 53.1 Å². The van der Waals surface area contributed by atoms with Crippen LogP contribution in [0.1, 0.15) is 43.2 Å². The van der Waals surface area contributed by atoms with Gasteiger partial charge in [-0.15, -0.1) is 0 Å². The van der Waals surface area contributed by atoms with Crippen LogP contribution in [0.5, 0.6) is 5.75 Å². The quantitative estimate of drug-likeness (QED) is 0.932. The number of aromatic nitrogens is 2. The molecule has 1 aliphatic heterocycles. The number of imidazole rings is 1. The smallest absolute Gasteiger partial charge is 0.142 e. The third kappa shape index (κ3) is 2.47. The Morgan fingerprint density at radius 2 is 2.35 bits per heavy atom. The molecule has 1 aliphatic rings. The first kappa shape index (κ1) is 13.6. The average Bonchev–Trinajstić information content (AvgIpc) is 2.86. The third-order valence-corrected chi connectivity index (χ3v) is 4.14. The lowest BCUT2D eigenvalue weighted by Crippen LogP contribution is -2.25. The van der Waals surface area contributed by atoms with E-state index in [9.17, 15) is 0 Å². The number of fused-ring (bicyclic) bond motifs is 1. The lowest BCUT2D eigenvalue weighted by molar-refractivity contribution is 0.153. The highest BCUT2D eigenvalue weighted by Gasteiger charge is 2.29. The van der Waals surface area contributed by atoms with Gasteiger partial charge in [-0.25, -0.2) is 4.98 Å². The molecule has 1 unspecified atom stereocenters. The molecule has 3 rings (SSSR count). The van der Waals surface area contributed by atoms with Crippen molar-refractivity contribution in [2.75, 3.05) is 0 Å². The Bertz CT molecular complexity index is 611. The largest absolute Gasteiger partial charge is 0.484 e. The van der Waals surface area contributed by atoms with Crippen molar-refractivity contribution in [3.8, 4) is 5.75 Å². The van der Waals surface area contributed by atoms with Crippen LogP contribution in [0.25, 0.3) is 0 Å². The van der Waals surface area contributed by atoms with Crippen LogP contribution in [0.2, 0.25) is 0 Å². The van der Waals surface area contributed by atoms with Gasteiger partial charge in [-0.2, -0.15) is 0 Å². The molecule has 0 aliphatic carbocycles. The Hall–Kier alpha value is -1.33. The molecule has 0 amide bonds. The monoisotopic (exact) mass is 335 g/mol. The summed E-state index contributed by atoms with van der Waals surface area (Å²) in [6.45, 7) is 3.11. The Balaban J connectivity index is 1.92. The van der Waals surface area contributed by atoms with E-state index in [0.29, 0.717) is 0 Å². The summed E-state index contributed by atoms with van der Waals surface area (Å²) in [6.07, 6.45) is 5.58. The Kier molecular flexibility index (Phi) is 3.81. The van der Waals surface area contributed by atoms with Crippen molar-refractivity contribution in [3.63, 3.8) is 0 Å². The molecule has 2 N–H and O–H groups in total. The van der Waals surface area contributed by atoms with Crippen molar-refractivity contribution in [1.82, 2.24) is 9.55 Å². The maximum absolute atomic E-state index is 6.29. The summed E-state index contributed by atoms with van der Waals surface area (Å²) >= 11 is 3.48. The molecule has 0 spiro atoms. The molecule has 0 bridgehead atoms. The Morgan fingerprint density at radius 1 is 1.50 bits per heavy atom. The van der Waals surface area contributed by atoms with Crippen LogP contribution in [0, 0.1) is 0 Å². The molecule has 1 aromatic carbocycles. The molecule has 2 aromatic rings. The second-order valence-corrected chi connectivity index (χ2v) is 6.06. The number of benzene rings is 1. The zero-order valence-corrected chi connectivity index (χ0v) is 13.0. The predicted molar refractivity (Wildman–Crippen MR) is 81.6 cm³/mol. The first-order chi connectivity index (χ1) is 9.69. The van der Waals surface area contributed by atoms with Crippen molar-refractivity contribution in [3.05, 3.63) is 46.5 Å². The van der Waals surface area contributed by atoms with Gasteiger partial charge in [0.05, 0.1) is 18.2 Å². The van der Waals surface area contributed by atoms with E-state index in [1.54, 1.807) is 0 Å². The van der Waals surface area contributed by atoms with Crippen molar-refractivity contribution >= 4 is 15.9 Å². The van der Waals surface area contributed by atoms with Crippen LogP contribution < -0.4 is 10.5 Å². The van der Waals surface area contributed by atoms with E-state index < -0.39 is 0 Å². The van der Waals surface area contributed by atoms with Crippen LogP contribution in [0.4, 0.5) is 0 Å². The molecule has 0 radical (unpaired) electrons. The molecular formula is C15H18BrN3O.